The lowest BCUT2D eigenvalue weighted by Crippen LogP contribution is -3.00. The highest BCUT2D eigenvalue weighted by atomic mass is 35.5. The molecule has 2 aliphatic heterocycles. The fourth-order valence-corrected chi connectivity index (χ4v) is 5.22. The van der Waals surface area contributed by atoms with Crippen LogP contribution in [0, 0.1) is 13.8 Å². The average molecular weight is 476 g/mol. The first-order valence-electron chi connectivity index (χ1n) is 11.2. The maximum Gasteiger partial charge on any atom is 0.231 e. The molecule has 2 aliphatic rings. The van der Waals surface area contributed by atoms with Gasteiger partial charge in [0, 0.05) is 17.9 Å². The first kappa shape index (κ1) is 22.4. The van der Waals surface area contributed by atoms with Gasteiger partial charge in [0.25, 0.3) is 0 Å². The number of halogens is 1. The fraction of sp³-hybridized carbons (Fsp3) is 0.250. The molecule has 4 aromatic rings. The van der Waals surface area contributed by atoms with E-state index < -0.39 is 0 Å². The molecular weight excluding hydrogens is 450 g/mol. The molecule has 0 saturated heterocycles. The number of hydrogen-bond donors (Lipinski definition) is 0. The lowest BCUT2D eigenvalue weighted by molar-refractivity contribution is -0.686. The Balaban J connectivity index is 0.00000241. The summed E-state index contributed by atoms with van der Waals surface area (Å²) in [6.45, 7) is 5.44. The van der Waals surface area contributed by atoms with Crippen molar-refractivity contribution in [2.24, 2.45) is 0 Å². The van der Waals surface area contributed by atoms with Crippen LogP contribution >= 0.6 is 0 Å². The van der Waals surface area contributed by atoms with Gasteiger partial charge in [-0.3, -0.25) is 0 Å². The Hall–Kier alpha value is -3.44. The number of rotatable bonds is 3. The zero-order valence-corrected chi connectivity index (χ0v) is 20.5. The van der Waals surface area contributed by atoms with Gasteiger partial charge in [-0.15, -0.1) is 0 Å². The highest BCUT2D eigenvalue weighted by Crippen LogP contribution is 2.45. The molecule has 34 heavy (non-hydrogen) atoms. The van der Waals surface area contributed by atoms with Crippen LogP contribution in [0.15, 0.2) is 48.7 Å². The first-order valence-corrected chi connectivity index (χ1v) is 11.2. The number of aromatic nitrogens is 1. The van der Waals surface area contributed by atoms with E-state index in [1.165, 1.54) is 33.5 Å². The van der Waals surface area contributed by atoms with E-state index in [1.807, 2.05) is 0 Å². The van der Waals surface area contributed by atoms with Gasteiger partial charge in [0.05, 0.1) is 25.2 Å². The third kappa shape index (κ3) is 3.43. The molecule has 3 aromatic carbocycles. The number of ether oxygens (including phenoxy) is 4. The molecule has 0 bridgehead atoms. The second kappa shape index (κ2) is 8.41. The van der Waals surface area contributed by atoms with Gasteiger partial charge in [0.15, 0.2) is 35.7 Å². The minimum Gasteiger partial charge on any atom is -1.00 e. The van der Waals surface area contributed by atoms with Crippen molar-refractivity contribution in [2.75, 3.05) is 21.0 Å². The predicted octanol–water partition coefficient (Wildman–Crippen LogP) is 2.38. The smallest absolute Gasteiger partial charge is 0.231 e. The van der Waals surface area contributed by atoms with E-state index in [9.17, 15) is 0 Å². The van der Waals surface area contributed by atoms with Gasteiger partial charge in [-0.05, 0) is 48.7 Å². The third-order valence-electron chi connectivity index (χ3n) is 6.65. The van der Waals surface area contributed by atoms with Crippen LogP contribution in [-0.2, 0) is 13.0 Å². The Morgan fingerprint density at radius 3 is 2.24 bits per heavy atom. The molecular formula is C28H26ClNO4. The zero-order chi connectivity index (χ0) is 22.7. The number of benzene rings is 3. The van der Waals surface area contributed by atoms with Gasteiger partial charge >= 0.3 is 0 Å². The summed E-state index contributed by atoms with van der Waals surface area (Å²) in [6, 6.07) is 15.3. The highest BCUT2D eigenvalue weighted by Gasteiger charge is 2.29. The second-order valence-corrected chi connectivity index (χ2v) is 8.83. The van der Waals surface area contributed by atoms with Crippen LogP contribution < -0.4 is 35.9 Å². The van der Waals surface area contributed by atoms with Crippen LogP contribution in [0.25, 0.3) is 33.2 Å². The van der Waals surface area contributed by atoms with E-state index in [4.69, 9.17) is 18.9 Å². The predicted molar refractivity (Wildman–Crippen MR) is 127 cm³/mol. The van der Waals surface area contributed by atoms with Crippen molar-refractivity contribution in [2.45, 2.75) is 26.8 Å². The van der Waals surface area contributed by atoms with Crippen molar-refractivity contribution < 1.29 is 35.9 Å². The maximum atomic E-state index is 5.83. The summed E-state index contributed by atoms with van der Waals surface area (Å²) < 4.78 is 25.2. The van der Waals surface area contributed by atoms with Crippen LogP contribution in [0.4, 0.5) is 0 Å². The molecule has 5 nitrogen and oxygen atoms in total. The first-order chi connectivity index (χ1) is 16.1. The Kier molecular flexibility index (Phi) is 5.53. The van der Waals surface area contributed by atoms with Crippen LogP contribution in [0.3, 0.4) is 0 Å². The summed E-state index contributed by atoms with van der Waals surface area (Å²) in [7, 11) is 3.40. The molecule has 0 saturated carbocycles. The number of fused-ring (bicyclic) bond motifs is 5. The normalized spacial score (nSPS) is 13.2. The minimum atomic E-state index is 0. The van der Waals surface area contributed by atoms with Crippen molar-refractivity contribution in [1.29, 1.82) is 0 Å². The third-order valence-corrected chi connectivity index (χ3v) is 6.65. The molecule has 6 rings (SSSR count). The summed E-state index contributed by atoms with van der Waals surface area (Å²) in [6.07, 6.45) is 3.14. The Bertz CT molecular complexity index is 1430. The van der Waals surface area contributed by atoms with Gasteiger partial charge in [0.2, 0.25) is 12.5 Å². The van der Waals surface area contributed by atoms with Crippen molar-refractivity contribution >= 4 is 10.8 Å². The highest BCUT2D eigenvalue weighted by molar-refractivity contribution is 6.02. The summed E-state index contributed by atoms with van der Waals surface area (Å²) in [5.74, 6) is 3.14. The zero-order valence-electron chi connectivity index (χ0n) is 19.7. The topological polar surface area (TPSA) is 40.8 Å². The minimum absolute atomic E-state index is 0. The quantitative estimate of drug-likeness (QED) is 0.427. The molecule has 6 heteroatoms. The number of aryl methyl sites for hydroxylation is 4. The fourth-order valence-electron chi connectivity index (χ4n) is 5.22. The van der Waals surface area contributed by atoms with Gasteiger partial charge < -0.3 is 31.4 Å². The molecule has 0 aliphatic carbocycles. The van der Waals surface area contributed by atoms with Gasteiger partial charge in [-0.25, -0.2) is 0 Å². The number of nitrogens with zero attached hydrogens (tertiary/aromatic N) is 1. The van der Waals surface area contributed by atoms with E-state index in [0.717, 1.165) is 52.3 Å². The Morgan fingerprint density at radius 2 is 1.53 bits per heavy atom. The lowest BCUT2D eigenvalue weighted by atomic mass is 9.91. The molecule has 0 radical (unpaired) electrons. The van der Waals surface area contributed by atoms with Gasteiger partial charge in [0.1, 0.15) is 0 Å². The lowest BCUT2D eigenvalue weighted by Gasteiger charge is -2.19. The van der Waals surface area contributed by atoms with Crippen molar-refractivity contribution in [1.82, 2.24) is 0 Å². The van der Waals surface area contributed by atoms with E-state index in [1.54, 1.807) is 14.2 Å². The summed E-state index contributed by atoms with van der Waals surface area (Å²) >= 11 is 0. The molecule has 0 atom stereocenters. The molecule has 0 N–H and O–H groups in total. The number of hydrogen-bond acceptors (Lipinski definition) is 4. The molecule has 0 spiro atoms. The Labute approximate surface area is 205 Å². The van der Waals surface area contributed by atoms with E-state index >= 15 is 0 Å². The second-order valence-electron chi connectivity index (χ2n) is 8.83. The summed E-state index contributed by atoms with van der Waals surface area (Å²) in [4.78, 5) is 0. The van der Waals surface area contributed by atoms with Crippen LogP contribution in [0.1, 0.15) is 16.7 Å². The van der Waals surface area contributed by atoms with Crippen molar-refractivity contribution in [3.05, 3.63) is 65.4 Å². The maximum absolute atomic E-state index is 5.83. The SMILES string of the molecule is COc1cc(-c2cc(C)cc(C)c2)c2cc3[n+](cc2c1OC)CCc1cc2c(cc1-3)OCO2.[Cl-]. The summed E-state index contributed by atoms with van der Waals surface area (Å²) in [5, 5.41) is 2.17. The van der Waals surface area contributed by atoms with E-state index in [-0.39, 0.29) is 19.2 Å². The molecule has 1 aromatic heterocycles. The van der Waals surface area contributed by atoms with E-state index in [2.05, 4.69) is 67.1 Å². The number of methoxy groups -OCH3 is 2. The Morgan fingerprint density at radius 1 is 0.794 bits per heavy atom. The largest absolute Gasteiger partial charge is 1.00 e. The monoisotopic (exact) mass is 475 g/mol. The molecule has 174 valence electrons. The van der Waals surface area contributed by atoms with Crippen LogP contribution in [0.2, 0.25) is 0 Å². The van der Waals surface area contributed by atoms with Crippen molar-refractivity contribution in [3.8, 4) is 45.4 Å². The van der Waals surface area contributed by atoms with Crippen molar-refractivity contribution in [3.63, 3.8) is 0 Å². The van der Waals surface area contributed by atoms with Crippen LogP contribution in [-0.4, -0.2) is 21.0 Å². The molecule has 3 heterocycles. The molecule has 0 unspecified atom stereocenters. The average Bonchev–Trinajstić information content (AvgIpc) is 3.27. The van der Waals surface area contributed by atoms with Gasteiger partial charge in [-0.1, -0.05) is 29.3 Å². The van der Waals surface area contributed by atoms with Crippen LogP contribution in [0.5, 0.6) is 23.0 Å². The number of pyridine rings is 1. The molecule has 0 amide bonds. The van der Waals surface area contributed by atoms with E-state index in [0.29, 0.717) is 0 Å². The summed E-state index contributed by atoms with van der Waals surface area (Å²) in [5.41, 5.74) is 8.41. The molecule has 0 fully saturated rings. The standard InChI is InChI=1S/C28H26NO4.ClH/c1-16-7-17(2)9-19(8-16)20-12-27(30-3)28(31-4)23-14-29-6-5-18-10-25-26(33-15-32-25)13-21(18)24(29)11-22(20)23;/h7-14H,5-6,15H2,1-4H3;1H/q+1;/p-1. The van der Waals surface area contributed by atoms with Gasteiger partial charge in [-0.2, -0.15) is 4.57 Å².